The van der Waals surface area contributed by atoms with Crippen LogP contribution in [0.1, 0.15) is 15.9 Å². The molecule has 4 nitrogen and oxygen atoms in total. The fourth-order valence-electron chi connectivity index (χ4n) is 1.86. The largest absolute Gasteiger partial charge is 0.398 e. The van der Waals surface area contributed by atoms with Crippen molar-refractivity contribution in [3.8, 4) is 0 Å². The van der Waals surface area contributed by atoms with Gasteiger partial charge in [0.05, 0.1) is 11.3 Å². The third-order valence-electron chi connectivity index (χ3n) is 2.73. The van der Waals surface area contributed by atoms with Crippen LogP contribution in [0.4, 0.5) is 25.8 Å². The van der Waals surface area contributed by atoms with Gasteiger partial charge in [0.2, 0.25) is 0 Å². The van der Waals surface area contributed by atoms with Crippen LogP contribution >= 0.6 is 0 Å². The summed E-state index contributed by atoms with van der Waals surface area (Å²) < 4.78 is 27.1. The average molecular weight is 277 g/mol. The topological polar surface area (TPSA) is 81.1 Å². The number of hydrogen-bond acceptors (Lipinski definition) is 3. The number of amides is 1. The third kappa shape index (κ3) is 2.85. The molecule has 0 saturated carbocycles. The van der Waals surface area contributed by atoms with E-state index in [1.165, 1.54) is 18.2 Å². The van der Waals surface area contributed by atoms with Crippen LogP contribution < -0.4 is 16.8 Å². The maximum Gasteiger partial charge on any atom is 0.250 e. The van der Waals surface area contributed by atoms with Crippen LogP contribution in [0.5, 0.6) is 0 Å². The number of anilines is 3. The first kappa shape index (κ1) is 13.8. The lowest BCUT2D eigenvalue weighted by Crippen LogP contribution is -2.14. The van der Waals surface area contributed by atoms with E-state index in [4.69, 9.17) is 11.5 Å². The van der Waals surface area contributed by atoms with Gasteiger partial charge < -0.3 is 16.8 Å². The number of hydrogen-bond donors (Lipinski definition) is 3. The van der Waals surface area contributed by atoms with Crippen molar-refractivity contribution in [1.82, 2.24) is 0 Å². The Kier molecular flexibility index (Phi) is 3.56. The van der Waals surface area contributed by atoms with Gasteiger partial charge in [-0.25, -0.2) is 8.78 Å². The molecule has 0 unspecified atom stereocenters. The van der Waals surface area contributed by atoms with Crippen LogP contribution in [0.15, 0.2) is 30.3 Å². The fraction of sp³-hybridized carbons (Fsp3) is 0.0714. The van der Waals surface area contributed by atoms with E-state index in [9.17, 15) is 13.6 Å². The van der Waals surface area contributed by atoms with Gasteiger partial charge in [0, 0.05) is 11.4 Å². The number of aryl methyl sites for hydroxylation is 1. The van der Waals surface area contributed by atoms with E-state index in [2.05, 4.69) is 5.32 Å². The number of benzene rings is 2. The highest BCUT2D eigenvalue weighted by Gasteiger charge is 2.12. The van der Waals surface area contributed by atoms with Crippen LogP contribution in [0.3, 0.4) is 0 Å². The van der Waals surface area contributed by atoms with E-state index in [-0.39, 0.29) is 16.9 Å². The van der Waals surface area contributed by atoms with E-state index in [1.54, 1.807) is 13.0 Å². The predicted molar refractivity (Wildman–Crippen MR) is 73.8 cm³/mol. The molecule has 0 aliphatic heterocycles. The first-order valence-electron chi connectivity index (χ1n) is 5.80. The zero-order valence-corrected chi connectivity index (χ0v) is 10.7. The van der Waals surface area contributed by atoms with E-state index < -0.39 is 17.5 Å². The molecule has 0 fully saturated rings. The fourth-order valence-corrected chi connectivity index (χ4v) is 1.86. The van der Waals surface area contributed by atoms with Gasteiger partial charge in [0.1, 0.15) is 11.6 Å². The normalized spacial score (nSPS) is 10.3. The molecule has 0 spiro atoms. The highest BCUT2D eigenvalue weighted by Crippen LogP contribution is 2.26. The van der Waals surface area contributed by atoms with Crippen LogP contribution in [0.25, 0.3) is 0 Å². The van der Waals surface area contributed by atoms with Gasteiger partial charge in [-0.15, -0.1) is 0 Å². The first-order valence-corrected chi connectivity index (χ1v) is 5.80. The van der Waals surface area contributed by atoms with E-state index in [0.29, 0.717) is 11.3 Å². The molecular weight excluding hydrogens is 264 g/mol. The Morgan fingerprint density at radius 3 is 2.45 bits per heavy atom. The van der Waals surface area contributed by atoms with Gasteiger partial charge >= 0.3 is 0 Å². The Bertz CT molecular complexity index is 666. The van der Waals surface area contributed by atoms with Gasteiger partial charge in [-0.2, -0.15) is 0 Å². The maximum atomic E-state index is 13.8. The van der Waals surface area contributed by atoms with Crippen molar-refractivity contribution in [2.24, 2.45) is 5.73 Å². The lowest BCUT2D eigenvalue weighted by Gasteiger charge is -2.11. The second kappa shape index (κ2) is 5.16. The van der Waals surface area contributed by atoms with Gasteiger partial charge in [0.25, 0.3) is 5.91 Å². The maximum absolute atomic E-state index is 13.8. The minimum Gasteiger partial charge on any atom is -0.398 e. The molecule has 2 rings (SSSR count). The van der Waals surface area contributed by atoms with Crippen molar-refractivity contribution in [3.63, 3.8) is 0 Å². The molecule has 1 amide bonds. The number of rotatable bonds is 3. The average Bonchev–Trinajstić information content (AvgIpc) is 2.30. The zero-order chi connectivity index (χ0) is 14.9. The Morgan fingerprint density at radius 2 is 1.85 bits per heavy atom. The highest BCUT2D eigenvalue weighted by atomic mass is 19.1. The molecule has 0 atom stereocenters. The molecule has 0 radical (unpaired) electrons. The van der Waals surface area contributed by atoms with E-state index in [1.807, 2.05) is 0 Å². The summed E-state index contributed by atoms with van der Waals surface area (Å²) in [6.45, 7) is 1.71. The van der Waals surface area contributed by atoms with E-state index >= 15 is 0 Å². The standard InChI is InChI=1S/C14H13F2N3O/c1-7-2-8(15)4-9(3-7)19-13-5-10(14(18)20)12(17)6-11(13)16/h2-6,19H,17H2,1H3,(H2,18,20). The summed E-state index contributed by atoms with van der Waals surface area (Å²) in [5.41, 5.74) is 11.6. The van der Waals surface area contributed by atoms with Crippen molar-refractivity contribution in [2.45, 2.75) is 6.92 Å². The molecule has 0 bridgehead atoms. The smallest absolute Gasteiger partial charge is 0.250 e. The van der Waals surface area contributed by atoms with Crippen molar-refractivity contribution in [3.05, 3.63) is 53.1 Å². The monoisotopic (exact) mass is 277 g/mol. The Morgan fingerprint density at radius 1 is 1.15 bits per heavy atom. The van der Waals surface area contributed by atoms with Crippen LogP contribution in [0.2, 0.25) is 0 Å². The number of carbonyl (C=O) groups is 1. The minimum absolute atomic E-state index is 0.00185. The lowest BCUT2D eigenvalue weighted by atomic mass is 10.1. The Labute approximate surface area is 114 Å². The molecule has 2 aromatic rings. The van der Waals surface area contributed by atoms with Gasteiger partial charge in [-0.1, -0.05) is 0 Å². The van der Waals surface area contributed by atoms with Gasteiger partial charge in [-0.3, -0.25) is 4.79 Å². The first-order chi connectivity index (χ1) is 9.36. The number of nitrogens with one attached hydrogen (secondary N) is 1. The van der Waals surface area contributed by atoms with Gasteiger partial charge in [0.15, 0.2) is 0 Å². The summed E-state index contributed by atoms with van der Waals surface area (Å²) in [4.78, 5) is 11.2. The molecule has 5 N–H and O–H groups in total. The van der Waals surface area contributed by atoms with Crippen LogP contribution in [-0.2, 0) is 0 Å². The molecule has 20 heavy (non-hydrogen) atoms. The summed E-state index contributed by atoms with van der Waals surface area (Å²) >= 11 is 0. The number of primary amides is 1. The molecule has 104 valence electrons. The number of nitrogen functional groups attached to an aromatic ring is 1. The summed E-state index contributed by atoms with van der Waals surface area (Å²) in [7, 11) is 0. The minimum atomic E-state index is -0.763. The predicted octanol–water partition coefficient (Wildman–Crippen LogP) is 2.70. The lowest BCUT2D eigenvalue weighted by molar-refractivity contribution is 0.100. The molecule has 0 heterocycles. The van der Waals surface area contributed by atoms with Crippen molar-refractivity contribution in [2.75, 3.05) is 11.1 Å². The number of halogens is 2. The summed E-state index contributed by atoms with van der Waals surface area (Å²) in [5.74, 6) is -1.87. The second-order valence-electron chi connectivity index (χ2n) is 4.43. The van der Waals surface area contributed by atoms with E-state index in [0.717, 1.165) is 6.07 Å². The Hall–Kier alpha value is -2.63. The molecule has 0 aliphatic rings. The van der Waals surface area contributed by atoms with Crippen LogP contribution in [0, 0.1) is 18.6 Å². The molecule has 0 saturated heterocycles. The molecular formula is C14H13F2N3O. The second-order valence-corrected chi connectivity index (χ2v) is 4.43. The molecule has 0 aromatic heterocycles. The quantitative estimate of drug-likeness (QED) is 0.754. The third-order valence-corrected chi connectivity index (χ3v) is 2.73. The molecule has 2 aromatic carbocycles. The summed E-state index contributed by atoms with van der Waals surface area (Å²) in [6.07, 6.45) is 0. The summed E-state index contributed by atoms with van der Waals surface area (Å²) in [5, 5.41) is 2.70. The van der Waals surface area contributed by atoms with Gasteiger partial charge in [-0.05, 0) is 42.8 Å². The molecule has 6 heteroatoms. The summed E-state index contributed by atoms with van der Waals surface area (Å²) in [6, 6.07) is 6.40. The van der Waals surface area contributed by atoms with Crippen LogP contribution in [-0.4, -0.2) is 5.91 Å². The SMILES string of the molecule is Cc1cc(F)cc(Nc2cc(C(N)=O)c(N)cc2F)c1. The Balaban J connectivity index is 2.42. The zero-order valence-electron chi connectivity index (χ0n) is 10.7. The highest BCUT2D eigenvalue weighted by molar-refractivity contribution is 5.99. The molecule has 0 aliphatic carbocycles. The van der Waals surface area contributed by atoms with Crippen molar-refractivity contribution < 1.29 is 13.6 Å². The number of nitrogens with two attached hydrogens (primary N) is 2. The van der Waals surface area contributed by atoms with Crippen molar-refractivity contribution in [1.29, 1.82) is 0 Å². The number of carbonyl (C=O) groups excluding carboxylic acids is 1. The van der Waals surface area contributed by atoms with Crippen molar-refractivity contribution >= 4 is 23.0 Å².